The van der Waals surface area contributed by atoms with Crippen molar-refractivity contribution in [3.05, 3.63) is 35.5 Å². The molecule has 2 saturated heterocycles. The van der Waals surface area contributed by atoms with Crippen LogP contribution in [0, 0.1) is 5.92 Å². The maximum atomic E-state index is 13.2. The molecule has 1 N–H and O–H groups in total. The molecule has 2 unspecified atom stereocenters. The second kappa shape index (κ2) is 8.11. The van der Waals surface area contributed by atoms with Crippen molar-refractivity contribution in [2.45, 2.75) is 30.4 Å². The van der Waals surface area contributed by atoms with E-state index < -0.39 is 15.8 Å². The maximum absolute atomic E-state index is 13.2. The van der Waals surface area contributed by atoms with Crippen LogP contribution in [0.2, 0.25) is 0 Å². The van der Waals surface area contributed by atoms with E-state index >= 15 is 0 Å². The van der Waals surface area contributed by atoms with Crippen LogP contribution in [0.25, 0.3) is 0 Å². The summed E-state index contributed by atoms with van der Waals surface area (Å²) in [6.07, 6.45) is 0.592. The Labute approximate surface area is 190 Å². The predicted octanol–water partition coefficient (Wildman–Crippen LogP) is 1.99. The van der Waals surface area contributed by atoms with Crippen LogP contribution in [-0.2, 0) is 30.9 Å². The molecule has 0 aliphatic carbocycles. The molecule has 2 fully saturated rings. The van der Waals surface area contributed by atoms with E-state index in [1.165, 1.54) is 0 Å². The van der Waals surface area contributed by atoms with Crippen molar-refractivity contribution in [3.8, 4) is 5.75 Å². The van der Waals surface area contributed by atoms with Gasteiger partial charge in [0.05, 0.1) is 42.0 Å². The number of amides is 2. The number of fused-ring (bicyclic) bond motifs is 1. The number of methoxy groups -OCH3 is 1. The Kier molecular flexibility index (Phi) is 5.40. The third kappa shape index (κ3) is 3.77. The average Bonchev–Trinajstić information content (AvgIpc) is 3.52. The van der Waals surface area contributed by atoms with Gasteiger partial charge in [-0.2, -0.15) is 16.9 Å². The fourth-order valence-electron chi connectivity index (χ4n) is 4.59. The minimum atomic E-state index is -3.09. The minimum absolute atomic E-state index is 0.0348. The van der Waals surface area contributed by atoms with Crippen molar-refractivity contribution in [1.29, 1.82) is 0 Å². The number of carbonyl (C=O) groups excluding carboxylic acids is 2. The molecule has 3 aliphatic rings. The van der Waals surface area contributed by atoms with Crippen molar-refractivity contribution in [1.82, 2.24) is 9.78 Å². The number of para-hydroxylation sites is 2. The van der Waals surface area contributed by atoms with Gasteiger partial charge in [-0.1, -0.05) is 12.1 Å². The monoisotopic (exact) mass is 476 g/mol. The molecule has 1 aromatic heterocycles. The first-order valence-electron chi connectivity index (χ1n) is 10.5. The standard InChI is InChI=1S/C21H24N4O5S2/c1-30-18-5-3-2-4-17(18)24-9-13(8-19(24)26)21(27)22-20-15-10-31-11-16(15)23-25(20)14-6-7-32(28,29)12-14/h2-5,13-14H,6-12H2,1H3,(H,22,27). The van der Waals surface area contributed by atoms with Crippen LogP contribution >= 0.6 is 11.8 Å². The Morgan fingerprint density at radius 1 is 1.28 bits per heavy atom. The van der Waals surface area contributed by atoms with E-state index in [9.17, 15) is 18.0 Å². The summed E-state index contributed by atoms with van der Waals surface area (Å²) in [5.74, 6) is 1.89. The van der Waals surface area contributed by atoms with Gasteiger partial charge >= 0.3 is 0 Å². The van der Waals surface area contributed by atoms with Gasteiger partial charge in [-0.3, -0.25) is 9.59 Å². The lowest BCUT2D eigenvalue weighted by Crippen LogP contribution is -2.29. The second-order valence-corrected chi connectivity index (χ2v) is 11.5. The zero-order valence-corrected chi connectivity index (χ0v) is 19.2. The van der Waals surface area contributed by atoms with Crippen LogP contribution in [-0.4, -0.2) is 55.2 Å². The molecule has 2 amide bonds. The highest BCUT2D eigenvalue weighted by Crippen LogP contribution is 2.39. The molecule has 2 aromatic rings. The first-order valence-corrected chi connectivity index (χ1v) is 13.5. The van der Waals surface area contributed by atoms with Gasteiger partial charge in [-0.05, 0) is 18.6 Å². The molecule has 3 aliphatic heterocycles. The highest BCUT2D eigenvalue weighted by atomic mass is 32.2. The number of anilines is 2. The topological polar surface area (TPSA) is 111 Å². The fraction of sp³-hybridized carbons (Fsp3) is 0.476. The third-order valence-electron chi connectivity index (χ3n) is 6.24. The Morgan fingerprint density at radius 2 is 2.09 bits per heavy atom. The fourth-order valence-corrected chi connectivity index (χ4v) is 7.31. The SMILES string of the molecule is COc1ccccc1N1CC(C(=O)Nc2c3c(nn2C2CCS(=O)(=O)C2)CSC3)CC1=O. The summed E-state index contributed by atoms with van der Waals surface area (Å²) >= 11 is 1.71. The van der Waals surface area contributed by atoms with E-state index in [1.54, 1.807) is 40.6 Å². The Hall–Kier alpha value is -2.53. The molecular weight excluding hydrogens is 452 g/mol. The van der Waals surface area contributed by atoms with Gasteiger partial charge in [0.15, 0.2) is 9.84 Å². The minimum Gasteiger partial charge on any atom is -0.495 e. The number of carbonyl (C=O) groups is 2. The number of rotatable bonds is 5. The summed E-state index contributed by atoms with van der Waals surface area (Å²) in [6, 6.07) is 6.97. The van der Waals surface area contributed by atoms with Crippen LogP contribution in [0.3, 0.4) is 0 Å². The summed E-state index contributed by atoms with van der Waals surface area (Å²) in [7, 11) is -1.54. The smallest absolute Gasteiger partial charge is 0.230 e. The van der Waals surface area contributed by atoms with Gasteiger partial charge in [0.25, 0.3) is 0 Å². The van der Waals surface area contributed by atoms with Crippen LogP contribution < -0.4 is 15.0 Å². The molecule has 5 rings (SSSR count). The number of hydrogen-bond acceptors (Lipinski definition) is 7. The number of aromatic nitrogens is 2. The maximum Gasteiger partial charge on any atom is 0.230 e. The first kappa shape index (κ1) is 21.3. The van der Waals surface area contributed by atoms with Crippen LogP contribution in [0.1, 0.15) is 30.1 Å². The highest BCUT2D eigenvalue weighted by molar-refractivity contribution is 7.98. The van der Waals surface area contributed by atoms with Crippen molar-refractivity contribution in [2.24, 2.45) is 5.92 Å². The molecule has 0 radical (unpaired) electrons. The second-order valence-electron chi connectivity index (χ2n) is 8.33. The van der Waals surface area contributed by atoms with E-state index in [0.717, 1.165) is 22.8 Å². The van der Waals surface area contributed by atoms with E-state index in [2.05, 4.69) is 10.4 Å². The van der Waals surface area contributed by atoms with E-state index in [4.69, 9.17) is 4.74 Å². The number of sulfone groups is 1. The predicted molar refractivity (Wildman–Crippen MR) is 122 cm³/mol. The number of nitrogens with one attached hydrogen (secondary N) is 1. The van der Waals surface area contributed by atoms with Crippen molar-refractivity contribution in [3.63, 3.8) is 0 Å². The van der Waals surface area contributed by atoms with Crippen molar-refractivity contribution < 1.29 is 22.7 Å². The summed E-state index contributed by atoms with van der Waals surface area (Å²) in [5.41, 5.74) is 2.50. The molecule has 170 valence electrons. The summed E-state index contributed by atoms with van der Waals surface area (Å²) in [4.78, 5) is 27.5. The lowest BCUT2D eigenvalue weighted by molar-refractivity contribution is -0.122. The highest BCUT2D eigenvalue weighted by Gasteiger charge is 2.39. The average molecular weight is 477 g/mol. The largest absolute Gasteiger partial charge is 0.495 e. The summed E-state index contributed by atoms with van der Waals surface area (Å²) < 4.78 is 31.1. The molecule has 11 heteroatoms. The Balaban J connectivity index is 1.37. The van der Waals surface area contributed by atoms with Crippen LogP contribution in [0.5, 0.6) is 5.75 Å². The number of ether oxygens (including phenoxy) is 1. The van der Waals surface area contributed by atoms with Crippen molar-refractivity contribution >= 4 is 44.9 Å². The van der Waals surface area contributed by atoms with Gasteiger partial charge in [0, 0.05) is 30.0 Å². The number of thioether (sulfide) groups is 1. The van der Waals surface area contributed by atoms with Gasteiger partial charge < -0.3 is 15.0 Å². The molecule has 9 nitrogen and oxygen atoms in total. The normalized spacial score (nSPS) is 24.0. The molecule has 32 heavy (non-hydrogen) atoms. The van der Waals surface area contributed by atoms with Crippen LogP contribution in [0.4, 0.5) is 11.5 Å². The molecule has 0 bridgehead atoms. The van der Waals surface area contributed by atoms with Crippen LogP contribution in [0.15, 0.2) is 24.3 Å². The zero-order chi connectivity index (χ0) is 22.5. The molecule has 4 heterocycles. The lowest BCUT2D eigenvalue weighted by Gasteiger charge is -2.20. The van der Waals surface area contributed by atoms with Gasteiger partial charge in [0.2, 0.25) is 11.8 Å². The molecular formula is C21H24N4O5S2. The lowest BCUT2D eigenvalue weighted by atomic mass is 10.1. The Bertz CT molecular complexity index is 1190. The third-order valence-corrected chi connectivity index (χ3v) is 8.97. The van der Waals surface area contributed by atoms with E-state index in [1.807, 2.05) is 12.1 Å². The van der Waals surface area contributed by atoms with Gasteiger partial charge in [-0.15, -0.1) is 0 Å². The number of hydrogen-bond donors (Lipinski definition) is 1. The molecule has 0 spiro atoms. The molecule has 2 atom stereocenters. The number of benzene rings is 1. The van der Waals surface area contributed by atoms with Gasteiger partial charge in [0.1, 0.15) is 11.6 Å². The number of nitrogens with zero attached hydrogens (tertiary/aromatic N) is 3. The molecule has 1 aromatic carbocycles. The van der Waals surface area contributed by atoms with E-state index in [-0.39, 0.29) is 42.3 Å². The quantitative estimate of drug-likeness (QED) is 0.703. The summed E-state index contributed by atoms with van der Waals surface area (Å²) in [5, 5.41) is 7.64. The zero-order valence-electron chi connectivity index (χ0n) is 17.6. The van der Waals surface area contributed by atoms with E-state index in [0.29, 0.717) is 23.7 Å². The summed E-state index contributed by atoms with van der Waals surface area (Å²) in [6.45, 7) is 0.258. The van der Waals surface area contributed by atoms with Gasteiger partial charge in [-0.25, -0.2) is 13.1 Å². The first-order chi connectivity index (χ1) is 15.4. The molecule has 0 saturated carbocycles. The Morgan fingerprint density at radius 3 is 2.84 bits per heavy atom. The van der Waals surface area contributed by atoms with Crippen molar-refractivity contribution in [2.75, 3.05) is 35.4 Å².